The van der Waals surface area contributed by atoms with E-state index in [1.165, 1.54) is 4.40 Å². The molecule has 0 spiro atoms. The van der Waals surface area contributed by atoms with Gasteiger partial charge >= 0.3 is 11.8 Å². The van der Waals surface area contributed by atoms with Gasteiger partial charge in [0.05, 0.1) is 5.69 Å². The van der Waals surface area contributed by atoms with E-state index in [1.54, 1.807) is 18.1 Å². The molecule has 0 atom stereocenters. The molecule has 9 nitrogen and oxygen atoms in total. The molecule has 27 heavy (non-hydrogen) atoms. The Morgan fingerprint density at radius 1 is 1.30 bits per heavy atom. The van der Waals surface area contributed by atoms with Crippen molar-refractivity contribution in [2.75, 3.05) is 25.5 Å². The molecule has 2 rings (SSSR count). The van der Waals surface area contributed by atoms with E-state index in [1.807, 2.05) is 41.5 Å². The van der Waals surface area contributed by atoms with E-state index < -0.39 is 5.60 Å². The van der Waals surface area contributed by atoms with Gasteiger partial charge < -0.3 is 15.0 Å². The average molecular weight is 378 g/mol. The second-order valence-electron chi connectivity index (χ2n) is 8.63. The fraction of sp³-hybridized carbons (Fsp3) is 0.667. The molecular weight excluding hydrogens is 348 g/mol. The zero-order chi connectivity index (χ0) is 20.4. The Labute approximate surface area is 159 Å². The number of H-pyrrole nitrogens is 1. The van der Waals surface area contributed by atoms with Crippen LogP contribution in [0.15, 0.2) is 11.0 Å². The summed E-state index contributed by atoms with van der Waals surface area (Å²) < 4.78 is 6.79. The third-order valence-corrected chi connectivity index (χ3v) is 3.84. The minimum Gasteiger partial charge on any atom is -0.444 e. The molecule has 0 fully saturated rings. The normalized spacial score (nSPS) is 12.3. The summed E-state index contributed by atoms with van der Waals surface area (Å²) in [6, 6.07) is 0. The van der Waals surface area contributed by atoms with E-state index in [9.17, 15) is 9.59 Å². The molecule has 0 radical (unpaired) electrons. The Bertz CT molecular complexity index is 857. The lowest BCUT2D eigenvalue weighted by Gasteiger charge is -2.24. The largest absolute Gasteiger partial charge is 0.444 e. The Balaban J connectivity index is 2.03. The summed E-state index contributed by atoms with van der Waals surface area (Å²) >= 11 is 0. The van der Waals surface area contributed by atoms with Crippen molar-refractivity contribution in [3.63, 3.8) is 0 Å². The summed E-state index contributed by atoms with van der Waals surface area (Å²) in [5.74, 6) is 0.542. The summed E-state index contributed by atoms with van der Waals surface area (Å²) in [5, 5.41) is 9.71. The minimum absolute atomic E-state index is 0.210. The molecule has 0 unspecified atom stereocenters. The van der Waals surface area contributed by atoms with Gasteiger partial charge in [0.1, 0.15) is 5.60 Å². The SMILES string of the molecule is CN(CCCNc1nc(C(C)(C)C)cn2c(=O)[nH]nc12)C(=O)OC(C)(C)C. The van der Waals surface area contributed by atoms with Gasteiger partial charge in [-0.15, -0.1) is 5.10 Å². The monoisotopic (exact) mass is 378 g/mol. The summed E-state index contributed by atoms with van der Waals surface area (Å²) in [6.45, 7) is 12.7. The quantitative estimate of drug-likeness (QED) is 0.774. The molecular formula is C18H30N6O3. The lowest BCUT2D eigenvalue weighted by Crippen LogP contribution is -2.35. The van der Waals surface area contributed by atoms with E-state index in [0.29, 0.717) is 31.0 Å². The minimum atomic E-state index is -0.514. The number of amides is 1. The van der Waals surface area contributed by atoms with Crippen LogP contribution in [-0.2, 0) is 10.2 Å². The van der Waals surface area contributed by atoms with Gasteiger partial charge in [0, 0.05) is 31.7 Å². The highest BCUT2D eigenvalue weighted by atomic mass is 16.6. The Morgan fingerprint density at radius 2 is 1.96 bits per heavy atom. The van der Waals surface area contributed by atoms with Gasteiger partial charge in [0.25, 0.3) is 0 Å². The molecule has 0 aliphatic rings. The highest BCUT2D eigenvalue weighted by Gasteiger charge is 2.21. The maximum atomic E-state index is 12.0. The van der Waals surface area contributed by atoms with E-state index >= 15 is 0 Å². The van der Waals surface area contributed by atoms with Gasteiger partial charge in [-0.3, -0.25) is 0 Å². The molecule has 1 amide bonds. The van der Waals surface area contributed by atoms with Crippen molar-refractivity contribution in [1.82, 2.24) is 24.5 Å². The second kappa shape index (κ2) is 7.58. The molecule has 0 saturated carbocycles. The van der Waals surface area contributed by atoms with Gasteiger partial charge in [-0.25, -0.2) is 24.1 Å². The van der Waals surface area contributed by atoms with Crippen LogP contribution in [0.1, 0.15) is 53.7 Å². The molecule has 9 heteroatoms. The first-order chi connectivity index (χ1) is 12.4. The number of carbonyl (C=O) groups excluding carboxylic acids is 1. The molecule has 0 aliphatic carbocycles. The van der Waals surface area contributed by atoms with Gasteiger partial charge in [-0.1, -0.05) is 20.8 Å². The van der Waals surface area contributed by atoms with Crippen molar-refractivity contribution < 1.29 is 9.53 Å². The number of nitrogens with zero attached hydrogens (tertiary/aromatic N) is 4. The standard InChI is InChI=1S/C18H30N6O3/c1-17(2,3)12-11-24-14(21-22-15(24)25)13(20-12)19-9-8-10-23(7)16(26)27-18(4,5)6/h11H,8-10H2,1-7H3,(H,19,20)(H,22,25). The van der Waals surface area contributed by atoms with E-state index in [4.69, 9.17) is 4.74 Å². The molecule has 0 aromatic carbocycles. The van der Waals surface area contributed by atoms with Crippen LogP contribution in [0.5, 0.6) is 0 Å². The van der Waals surface area contributed by atoms with Crippen molar-refractivity contribution in [2.24, 2.45) is 0 Å². The van der Waals surface area contributed by atoms with Crippen LogP contribution in [0, 0.1) is 0 Å². The number of aromatic amines is 1. The van der Waals surface area contributed by atoms with Crippen molar-refractivity contribution in [2.45, 2.75) is 59.0 Å². The number of aromatic nitrogens is 4. The molecule has 0 saturated heterocycles. The maximum Gasteiger partial charge on any atom is 0.410 e. The molecule has 150 valence electrons. The number of anilines is 1. The number of carbonyl (C=O) groups is 1. The zero-order valence-corrected chi connectivity index (χ0v) is 17.2. The van der Waals surface area contributed by atoms with Gasteiger partial charge in [0.2, 0.25) is 5.65 Å². The van der Waals surface area contributed by atoms with Crippen LogP contribution < -0.4 is 11.0 Å². The van der Waals surface area contributed by atoms with Crippen LogP contribution in [0.3, 0.4) is 0 Å². The van der Waals surface area contributed by atoms with E-state index in [0.717, 1.165) is 5.69 Å². The summed E-state index contributed by atoms with van der Waals surface area (Å²) in [7, 11) is 1.71. The van der Waals surface area contributed by atoms with Gasteiger partial charge in [-0.05, 0) is 27.2 Å². The van der Waals surface area contributed by atoms with Crippen LogP contribution in [0.2, 0.25) is 0 Å². The Morgan fingerprint density at radius 3 is 2.56 bits per heavy atom. The van der Waals surface area contributed by atoms with Crippen molar-refractivity contribution in [3.8, 4) is 0 Å². The molecule has 2 N–H and O–H groups in total. The Kier molecular flexibility index (Phi) is 5.82. The molecule has 2 aromatic heterocycles. The van der Waals surface area contributed by atoms with E-state index in [-0.39, 0.29) is 17.2 Å². The number of rotatable bonds is 5. The van der Waals surface area contributed by atoms with Gasteiger partial charge in [0.15, 0.2) is 5.82 Å². The highest BCUT2D eigenvalue weighted by Crippen LogP contribution is 2.22. The molecule has 2 aromatic rings. The predicted octanol–water partition coefficient (Wildman–Crippen LogP) is 2.38. The summed E-state index contributed by atoms with van der Waals surface area (Å²) in [5.41, 5.74) is 0.212. The van der Waals surface area contributed by atoms with Crippen LogP contribution in [0.25, 0.3) is 5.65 Å². The van der Waals surface area contributed by atoms with Gasteiger partial charge in [-0.2, -0.15) is 0 Å². The lowest BCUT2D eigenvalue weighted by molar-refractivity contribution is 0.0298. The van der Waals surface area contributed by atoms with Crippen LogP contribution in [0.4, 0.5) is 10.6 Å². The first kappa shape index (κ1) is 20.7. The summed E-state index contributed by atoms with van der Waals surface area (Å²) in [4.78, 5) is 30.1. The number of ether oxygens (including phenoxy) is 1. The number of fused-ring (bicyclic) bond motifs is 1. The van der Waals surface area contributed by atoms with Crippen LogP contribution in [-0.4, -0.2) is 56.3 Å². The van der Waals surface area contributed by atoms with Crippen molar-refractivity contribution in [1.29, 1.82) is 0 Å². The fourth-order valence-electron chi connectivity index (χ4n) is 2.35. The average Bonchev–Trinajstić information content (AvgIpc) is 2.90. The van der Waals surface area contributed by atoms with Crippen molar-refractivity contribution >= 4 is 17.6 Å². The maximum absolute atomic E-state index is 12.0. The Hall–Kier alpha value is -2.58. The molecule has 0 aliphatic heterocycles. The fourth-order valence-corrected chi connectivity index (χ4v) is 2.35. The highest BCUT2D eigenvalue weighted by molar-refractivity contribution is 5.67. The summed E-state index contributed by atoms with van der Waals surface area (Å²) in [6.07, 6.45) is 2.05. The third-order valence-electron chi connectivity index (χ3n) is 3.84. The van der Waals surface area contributed by atoms with Crippen molar-refractivity contribution in [3.05, 3.63) is 22.4 Å². The van der Waals surface area contributed by atoms with Crippen LogP contribution >= 0.6 is 0 Å². The topological polar surface area (TPSA) is 105 Å². The zero-order valence-electron chi connectivity index (χ0n) is 17.2. The second-order valence-corrected chi connectivity index (χ2v) is 8.63. The predicted molar refractivity (Wildman–Crippen MR) is 104 cm³/mol. The molecule has 0 bridgehead atoms. The smallest absolute Gasteiger partial charge is 0.410 e. The number of nitrogens with one attached hydrogen (secondary N) is 2. The van der Waals surface area contributed by atoms with E-state index in [2.05, 4.69) is 20.5 Å². The third kappa shape index (κ3) is 5.45. The number of hydrogen-bond acceptors (Lipinski definition) is 6. The number of hydrogen-bond donors (Lipinski definition) is 2. The first-order valence-corrected chi connectivity index (χ1v) is 9.05. The lowest BCUT2D eigenvalue weighted by atomic mass is 9.93. The first-order valence-electron chi connectivity index (χ1n) is 9.05. The molecule has 2 heterocycles.